The minimum atomic E-state index is -0.392. The van der Waals surface area contributed by atoms with E-state index in [9.17, 15) is 4.79 Å². The fraction of sp³-hybridized carbons (Fsp3) is 0.438. The molecule has 2 aromatic rings. The van der Waals surface area contributed by atoms with Gasteiger partial charge in [0.2, 0.25) is 0 Å². The van der Waals surface area contributed by atoms with Crippen LogP contribution in [0.1, 0.15) is 19.3 Å². The zero-order valence-electron chi connectivity index (χ0n) is 12.6. The maximum atomic E-state index is 11.7. The Morgan fingerprint density at radius 3 is 3.09 bits per heavy atom. The van der Waals surface area contributed by atoms with Crippen LogP contribution < -0.4 is 4.90 Å². The number of carbonyl (C=O) groups excluding carboxylic acids is 1. The number of hydrogen-bond donors (Lipinski definition) is 1. The van der Waals surface area contributed by atoms with Gasteiger partial charge in [-0.1, -0.05) is 0 Å². The first kappa shape index (κ1) is 13.8. The summed E-state index contributed by atoms with van der Waals surface area (Å²) in [5, 5.41) is 9.95. The Morgan fingerprint density at radius 2 is 2.26 bits per heavy atom. The Balaban J connectivity index is 1.82. The van der Waals surface area contributed by atoms with Gasteiger partial charge in [0.15, 0.2) is 0 Å². The summed E-state index contributed by atoms with van der Waals surface area (Å²) >= 11 is 0. The number of anilines is 1. The summed E-state index contributed by atoms with van der Waals surface area (Å²) in [7, 11) is 0. The second-order valence-corrected chi connectivity index (χ2v) is 6.00. The van der Waals surface area contributed by atoms with Crippen molar-refractivity contribution in [1.29, 1.82) is 5.26 Å². The van der Waals surface area contributed by atoms with Gasteiger partial charge in [-0.05, 0) is 25.3 Å². The molecule has 2 saturated heterocycles. The monoisotopic (exact) mass is 308 g/mol. The summed E-state index contributed by atoms with van der Waals surface area (Å²) in [6.07, 6.45) is 6.08. The van der Waals surface area contributed by atoms with E-state index in [2.05, 4.69) is 31.9 Å². The van der Waals surface area contributed by atoms with Gasteiger partial charge < -0.3 is 14.8 Å². The maximum absolute atomic E-state index is 11.7. The van der Waals surface area contributed by atoms with Gasteiger partial charge in [-0.2, -0.15) is 5.26 Å². The third-order valence-electron chi connectivity index (χ3n) is 4.99. The average Bonchev–Trinajstić information content (AvgIpc) is 3.27. The lowest BCUT2D eigenvalue weighted by Crippen LogP contribution is -2.45. The van der Waals surface area contributed by atoms with Crippen molar-refractivity contribution in [2.75, 3.05) is 24.5 Å². The van der Waals surface area contributed by atoms with Gasteiger partial charge in [0.05, 0.1) is 17.0 Å². The standard InChI is InChI=1S/C16H16N6O/c17-5-9-21-8-4-16(13(21)10-23)3-1-7-22(16)15-12-2-6-18-14(12)19-11-20-15/h2,6,11H,1,3-4,7-9H2,(H,18,19,20). The molecule has 2 aromatic heterocycles. The summed E-state index contributed by atoms with van der Waals surface area (Å²) in [4.78, 5) is 27.6. The highest BCUT2D eigenvalue weighted by Gasteiger charge is 2.51. The van der Waals surface area contributed by atoms with E-state index in [-0.39, 0.29) is 6.54 Å². The number of aromatic nitrogens is 3. The van der Waals surface area contributed by atoms with E-state index in [4.69, 9.17) is 5.26 Å². The third-order valence-corrected chi connectivity index (χ3v) is 4.99. The highest BCUT2D eigenvalue weighted by atomic mass is 16.1. The summed E-state index contributed by atoms with van der Waals surface area (Å²) in [5.74, 6) is 2.97. The zero-order chi connectivity index (χ0) is 15.9. The molecule has 0 bridgehead atoms. The van der Waals surface area contributed by atoms with E-state index in [0.29, 0.717) is 12.2 Å². The molecular weight excluding hydrogens is 292 g/mol. The van der Waals surface area contributed by atoms with Crippen molar-refractivity contribution in [3.8, 4) is 6.07 Å². The number of fused-ring (bicyclic) bond motifs is 1. The van der Waals surface area contributed by atoms with Gasteiger partial charge in [-0.3, -0.25) is 0 Å². The molecule has 7 heteroatoms. The largest absolute Gasteiger partial charge is 0.351 e. The van der Waals surface area contributed by atoms with Crippen molar-refractivity contribution in [2.45, 2.75) is 24.8 Å². The summed E-state index contributed by atoms with van der Waals surface area (Å²) < 4.78 is 0. The predicted octanol–water partition coefficient (Wildman–Crippen LogP) is 1.24. The van der Waals surface area contributed by atoms with Crippen molar-refractivity contribution in [3.05, 3.63) is 24.3 Å². The van der Waals surface area contributed by atoms with Crippen molar-refractivity contribution < 1.29 is 4.79 Å². The molecule has 0 radical (unpaired) electrons. The second kappa shape index (κ2) is 5.11. The molecule has 2 aliphatic heterocycles. The summed E-state index contributed by atoms with van der Waals surface area (Å²) in [6, 6.07) is 4.10. The lowest BCUT2D eigenvalue weighted by atomic mass is 9.92. The van der Waals surface area contributed by atoms with Crippen molar-refractivity contribution in [2.24, 2.45) is 0 Å². The number of likely N-dealkylation sites (tertiary alicyclic amines) is 1. The SMILES string of the molecule is N#CCN1CCC2(CCCN2c2ncnc3[nH]ccc23)C1=C=O. The molecule has 4 rings (SSSR count). The molecule has 0 saturated carbocycles. The molecule has 4 heterocycles. The lowest BCUT2D eigenvalue weighted by molar-refractivity contribution is 0.425. The topological polar surface area (TPSA) is 88.9 Å². The first-order chi connectivity index (χ1) is 11.3. The van der Waals surface area contributed by atoms with Crippen LogP contribution in [0, 0.1) is 11.3 Å². The van der Waals surface area contributed by atoms with E-state index in [1.165, 1.54) is 0 Å². The fourth-order valence-electron chi connectivity index (χ4n) is 4.01. The van der Waals surface area contributed by atoms with Crippen LogP contribution in [0.5, 0.6) is 0 Å². The van der Waals surface area contributed by atoms with Gasteiger partial charge in [-0.25, -0.2) is 14.8 Å². The van der Waals surface area contributed by atoms with Crippen LogP contribution in [0.2, 0.25) is 0 Å². The zero-order valence-corrected chi connectivity index (χ0v) is 12.6. The van der Waals surface area contributed by atoms with Crippen LogP contribution in [0.3, 0.4) is 0 Å². The van der Waals surface area contributed by atoms with E-state index >= 15 is 0 Å². The van der Waals surface area contributed by atoms with Gasteiger partial charge >= 0.3 is 0 Å². The Labute approximate surface area is 133 Å². The molecule has 0 aliphatic carbocycles. The van der Waals surface area contributed by atoms with Crippen LogP contribution in [0.25, 0.3) is 11.0 Å². The number of H-pyrrole nitrogens is 1. The van der Waals surface area contributed by atoms with E-state index < -0.39 is 5.54 Å². The molecule has 116 valence electrons. The average molecular weight is 308 g/mol. The molecule has 0 aromatic carbocycles. The molecule has 2 fully saturated rings. The number of rotatable bonds is 2. The highest BCUT2D eigenvalue weighted by molar-refractivity contribution is 5.88. The van der Waals surface area contributed by atoms with Crippen molar-refractivity contribution in [1.82, 2.24) is 19.9 Å². The molecule has 7 nitrogen and oxygen atoms in total. The molecule has 1 unspecified atom stereocenters. The number of nitrogens with zero attached hydrogens (tertiary/aromatic N) is 5. The quantitative estimate of drug-likeness (QED) is 0.663. The minimum Gasteiger partial charge on any atom is -0.351 e. The Kier molecular flexibility index (Phi) is 3.07. The Hall–Kier alpha value is -2.84. The molecule has 0 amide bonds. The number of nitriles is 1. The lowest BCUT2D eigenvalue weighted by Gasteiger charge is -2.36. The smallest absolute Gasteiger partial charge is 0.148 e. The van der Waals surface area contributed by atoms with E-state index in [1.54, 1.807) is 6.33 Å². The number of nitrogens with one attached hydrogen (secondary N) is 1. The fourth-order valence-corrected chi connectivity index (χ4v) is 4.01. The van der Waals surface area contributed by atoms with Gasteiger partial charge in [-0.15, -0.1) is 0 Å². The third kappa shape index (κ3) is 1.85. The highest BCUT2D eigenvalue weighted by Crippen LogP contribution is 2.46. The van der Waals surface area contributed by atoms with Crippen LogP contribution in [-0.2, 0) is 4.79 Å². The maximum Gasteiger partial charge on any atom is 0.148 e. The minimum absolute atomic E-state index is 0.226. The molecule has 23 heavy (non-hydrogen) atoms. The molecular formula is C16H16N6O. The van der Waals surface area contributed by atoms with Crippen molar-refractivity contribution >= 4 is 22.8 Å². The Morgan fingerprint density at radius 1 is 1.35 bits per heavy atom. The predicted molar refractivity (Wildman–Crippen MR) is 84.2 cm³/mol. The molecule has 1 spiro atoms. The molecule has 1 atom stereocenters. The van der Waals surface area contributed by atoms with E-state index in [1.807, 2.05) is 17.2 Å². The summed E-state index contributed by atoms with van der Waals surface area (Å²) in [5.41, 5.74) is 0.997. The second-order valence-electron chi connectivity index (χ2n) is 6.00. The van der Waals surface area contributed by atoms with Crippen LogP contribution in [-0.4, -0.2) is 51.0 Å². The number of aromatic amines is 1. The first-order valence-corrected chi connectivity index (χ1v) is 7.73. The van der Waals surface area contributed by atoms with Gasteiger partial charge in [0, 0.05) is 19.3 Å². The van der Waals surface area contributed by atoms with Crippen LogP contribution >= 0.6 is 0 Å². The summed E-state index contributed by atoms with van der Waals surface area (Å²) in [6.45, 7) is 1.77. The van der Waals surface area contributed by atoms with Crippen LogP contribution in [0.4, 0.5) is 5.82 Å². The van der Waals surface area contributed by atoms with Crippen LogP contribution in [0.15, 0.2) is 24.3 Å². The first-order valence-electron chi connectivity index (χ1n) is 7.73. The van der Waals surface area contributed by atoms with E-state index in [0.717, 1.165) is 42.7 Å². The van der Waals surface area contributed by atoms with Crippen molar-refractivity contribution in [3.63, 3.8) is 0 Å². The Bertz CT molecular complexity index is 846. The van der Waals surface area contributed by atoms with Gasteiger partial charge in [0.25, 0.3) is 0 Å². The number of hydrogen-bond acceptors (Lipinski definition) is 6. The van der Waals surface area contributed by atoms with Gasteiger partial charge in [0.1, 0.15) is 36.0 Å². The normalized spacial score (nSPS) is 23.7. The molecule has 1 N–H and O–H groups in total. The molecule has 2 aliphatic rings.